The number of hydrogen-bond donors (Lipinski definition) is 2. The van der Waals surface area contributed by atoms with E-state index < -0.39 is 0 Å². The summed E-state index contributed by atoms with van der Waals surface area (Å²) in [5.74, 6) is -0.311. The van der Waals surface area contributed by atoms with E-state index in [1.165, 1.54) is 0 Å². The highest BCUT2D eigenvalue weighted by atomic mass is 16.1. The quantitative estimate of drug-likeness (QED) is 0.823. The summed E-state index contributed by atoms with van der Waals surface area (Å²) in [5, 5.41) is 3.06. The van der Waals surface area contributed by atoms with E-state index in [1.807, 2.05) is 60.7 Å². The van der Waals surface area contributed by atoms with Crippen LogP contribution in [0.1, 0.15) is 43.7 Å². The van der Waals surface area contributed by atoms with Crippen LogP contribution in [-0.2, 0) is 4.79 Å². The summed E-state index contributed by atoms with van der Waals surface area (Å²) < 4.78 is 0. The van der Waals surface area contributed by atoms with E-state index in [2.05, 4.69) is 19.2 Å². The normalized spacial score (nSPS) is 11.5. The first-order valence-electron chi connectivity index (χ1n) is 8.26. The van der Waals surface area contributed by atoms with Gasteiger partial charge in [0.1, 0.15) is 0 Å². The van der Waals surface area contributed by atoms with Crippen LogP contribution in [-0.4, -0.2) is 18.0 Å². The second kappa shape index (κ2) is 7.93. The average molecular weight is 310 g/mol. The number of nitrogens with two attached hydrogens (primary N) is 1. The van der Waals surface area contributed by atoms with E-state index in [-0.39, 0.29) is 17.4 Å². The van der Waals surface area contributed by atoms with Crippen molar-refractivity contribution in [3.05, 3.63) is 71.8 Å². The van der Waals surface area contributed by atoms with Crippen LogP contribution in [0.5, 0.6) is 0 Å². The third-order valence-corrected chi connectivity index (χ3v) is 4.55. The van der Waals surface area contributed by atoms with Crippen LogP contribution >= 0.6 is 0 Å². The molecule has 0 saturated heterocycles. The fourth-order valence-electron chi connectivity index (χ4n) is 2.65. The summed E-state index contributed by atoms with van der Waals surface area (Å²) in [7, 11) is 0. The molecule has 0 heterocycles. The molecule has 0 radical (unpaired) electrons. The lowest BCUT2D eigenvalue weighted by atomic mass is 9.89. The highest BCUT2D eigenvalue weighted by Gasteiger charge is 2.26. The van der Waals surface area contributed by atoms with Crippen LogP contribution in [0.3, 0.4) is 0 Å². The molecule has 0 fully saturated rings. The summed E-state index contributed by atoms with van der Waals surface area (Å²) in [6.07, 6.45) is 1.68. The molecular formula is C20H26N2O. The standard InChI is InChI=1S/C20H26N2O/c1-3-20(21,4-2)15-22-19(23)18(16-11-7-5-8-12-16)17-13-9-6-10-14-17/h5-14,18H,3-4,15,21H2,1-2H3,(H,22,23). The van der Waals surface area contributed by atoms with Crippen molar-refractivity contribution in [2.75, 3.05) is 6.54 Å². The Labute approximate surface area is 138 Å². The Balaban J connectivity index is 2.23. The maximum Gasteiger partial charge on any atom is 0.232 e. The molecule has 2 rings (SSSR count). The van der Waals surface area contributed by atoms with Gasteiger partial charge in [0.15, 0.2) is 0 Å². The van der Waals surface area contributed by atoms with Gasteiger partial charge in [0.25, 0.3) is 0 Å². The first-order valence-corrected chi connectivity index (χ1v) is 8.26. The van der Waals surface area contributed by atoms with Gasteiger partial charge in [0.2, 0.25) is 5.91 Å². The van der Waals surface area contributed by atoms with Crippen molar-refractivity contribution >= 4 is 5.91 Å². The highest BCUT2D eigenvalue weighted by Crippen LogP contribution is 2.25. The maximum atomic E-state index is 12.9. The zero-order valence-electron chi connectivity index (χ0n) is 14.0. The Morgan fingerprint density at radius 3 is 1.78 bits per heavy atom. The van der Waals surface area contributed by atoms with Gasteiger partial charge in [-0.05, 0) is 24.0 Å². The Bertz CT molecular complexity index is 567. The summed E-state index contributed by atoms with van der Waals surface area (Å²) in [4.78, 5) is 12.9. The molecule has 0 aromatic heterocycles. The van der Waals surface area contributed by atoms with Gasteiger partial charge in [-0.25, -0.2) is 0 Å². The predicted octanol–water partition coefficient (Wildman–Crippen LogP) is 3.45. The van der Waals surface area contributed by atoms with Crippen molar-refractivity contribution < 1.29 is 4.79 Å². The van der Waals surface area contributed by atoms with Gasteiger partial charge in [-0.15, -0.1) is 0 Å². The lowest BCUT2D eigenvalue weighted by Gasteiger charge is -2.28. The van der Waals surface area contributed by atoms with Crippen LogP contribution < -0.4 is 11.1 Å². The predicted molar refractivity (Wildman–Crippen MR) is 95.2 cm³/mol. The van der Waals surface area contributed by atoms with Gasteiger partial charge in [-0.3, -0.25) is 4.79 Å². The molecule has 122 valence electrons. The van der Waals surface area contributed by atoms with E-state index in [0.29, 0.717) is 6.54 Å². The number of carbonyl (C=O) groups is 1. The molecule has 0 bridgehead atoms. The zero-order valence-corrected chi connectivity index (χ0v) is 14.0. The Hall–Kier alpha value is -2.13. The monoisotopic (exact) mass is 310 g/mol. The van der Waals surface area contributed by atoms with E-state index in [4.69, 9.17) is 5.73 Å². The van der Waals surface area contributed by atoms with Gasteiger partial charge in [-0.2, -0.15) is 0 Å². The molecule has 0 unspecified atom stereocenters. The molecule has 3 N–H and O–H groups in total. The number of rotatable bonds is 7. The minimum atomic E-state index is -0.340. The van der Waals surface area contributed by atoms with Crippen molar-refractivity contribution in [1.82, 2.24) is 5.32 Å². The SMILES string of the molecule is CCC(N)(CC)CNC(=O)C(c1ccccc1)c1ccccc1. The first-order chi connectivity index (χ1) is 11.1. The van der Waals surface area contributed by atoms with E-state index in [9.17, 15) is 4.79 Å². The maximum absolute atomic E-state index is 12.9. The third kappa shape index (κ3) is 4.42. The van der Waals surface area contributed by atoms with Crippen molar-refractivity contribution in [2.24, 2.45) is 5.73 Å². The van der Waals surface area contributed by atoms with Crippen molar-refractivity contribution in [3.8, 4) is 0 Å². The van der Waals surface area contributed by atoms with Crippen LogP contribution in [0.4, 0.5) is 0 Å². The van der Waals surface area contributed by atoms with Gasteiger partial charge in [0, 0.05) is 12.1 Å². The largest absolute Gasteiger partial charge is 0.353 e. The molecule has 0 aliphatic rings. The van der Waals surface area contributed by atoms with E-state index in [1.54, 1.807) is 0 Å². The number of carbonyl (C=O) groups excluding carboxylic acids is 1. The number of benzene rings is 2. The number of nitrogens with one attached hydrogen (secondary N) is 1. The molecule has 0 saturated carbocycles. The first kappa shape index (κ1) is 17.2. The van der Waals surface area contributed by atoms with E-state index >= 15 is 0 Å². The lowest BCUT2D eigenvalue weighted by molar-refractivity contribution is -0.122. The van der Waals surface area contributed by atoms with Crippen molar-refractivity contribution in [2.45, 2.75) is 38.1 Å². The summed E-state index contributed by atoms with van der Waals surface area (Å²) in [6, 6.07) is 19.7. The fraction of sp³-hybridized carbons (Fsp3) is 0.350. The summed E-state index contributed by atoms with van der Waals surface area (Å²) in [5.41, 5.74) is 7.95. The number of amides is 1. The molecule has 0 atom stereocenters. The third-order valence-electron chi connectivity index (χ3n) is 4.55. The van der Waals surface area contributed by atoms with Crippen LogP contribution in [0.2, 0.25) is 0 Å². The molecule has 0 aliphatic carbocycles. The molecule has 3 heteroatoms. The minimum absolute atomic E-state index is 0.000810. The molecule has 2 aromatic rings. The number of hydrogen-bond acceptors (Lipinski definition) is 2. The minimum Gasteiger partial charge on any atom is -0.353 e. The van der Waals surface area contributed by atoms with Crippen LogP contribution in [0, 0.1) is 0 Å². The van der Waals surface area contributed by atoms with Crippen molar-refractivity contribution in [1.29, 1.82) is 0 Å². The molecule has 3 nitrogen and oxygen atoms in total. The Morgan fingerprint density at radius 1 is 0.957 bits per heavy atom. The fourth-order valence-corrected chi connectivity index (χ4v) is 2.65. The van der Waals surface area contributed by atoms with Gasteiger partial charge in [-0.1, -0.05) is 74.5 Å². The zero-order chi connectivity index (χ0) is 16.7. The highest BCUT2D eigenvalue weighted by molar-refractivity contribution is 5.87. The Kier molecular flexibility index (Phi) is 5.94. The lowest BCUT2D eigenvalue weighted by Crippen LogP contribution is -2.50. The summed E-state index contributed by atoms with van der Waals surface area (Å²) in [6.45, 7) is 4.61. The van der Waals surface area contributed by atoms with E-state index in [0.717, 1.165) is 24.0 Å². The smallest absolute Gasteiger partial charge is 0.232 e. The second-order valence-corrected chi connectivity index (χ2v) is 6.04. The summed E-state index contributed by atoms with van der Waals surface area (Å²) >= 11 is 0. The second-order valence-electron chi connectivity index (χ2n) is 6.04. The van der Waals surface area contributed by atoms with Crippen molar-refractivity contribution in [3.63, 3.8) is 0 Å². The molecule has 0 aliphatic heterocycles. The molecule has 0 spiro atoms. The van der Waals surface area contributed by atoms with Gasteiger partial charge >= 0.3 is 0 Å². The van der Waals surface area contributed by atoms with Gasteiger partial charge in [0.05, 0.1) is 5.92 Å². The average Bonchev–Trinajstić information content (AvgIpc) is 2.62. The molecule has 1 amide bonds. The topological polar surface area (TPSA) is 55.1 Å². The Morgan fingerprint density at radius 2 is 1.39 bits per heavy atom. The van der Waals surface area contributed by atoms with Crippen LogP contribution in [0.25, 0.3) is 0 Å². The van der Waals surface area contributed by atoms with Gasteiger partial charge < -0.3 is 11.1 Å². The molecular weight excluding hydrogens is 284 g/mol. The molecule has 23 heavy (non-hydrogen) atoms. The molecule has 2 aromatic carbocycles. The van der Waals surface area contributed by atoms with Crippen LogP contribution in [0.15, 0.2) is 60.7 Å².